The molecule has 2 aromatic heterocycles. The molecule has 0 spiro atoms. The van der Waals surface area contributed by atoms with Crippen LogP contribution in [0.1, 0.15) is 133 Å². The molecule has 4 aromatic carbocycles. The van der Waals surface area contributed by atoms with Gasteiger partial charge in [0.25, 0.3) is 0 Å². The summed E-state index contributed by atoms with van der Waals surface area (Å²) < 4.78 is 13.1. The van der Waals surface area contributed by atoms with E-state index in [4.69, 9.17) is 9.31 Å². The van der Waals surface area contributed by atoms with Crippen LogP contribution in [0.25, 0.3) is 33.6 Å². The van der Waals surface area contributed by atoms with Crippen LogP contribution in [0.15, 0.2) is 138 Å². The maximum absolute atomic E-state index is 6.05. The van der Waals surface area contributed by atoms with Crippen molar-refractivity contribution < 1.29 is 9.31 Å². The highest BCUT2D eigenvalue weighted by Crippen LogP contribution is 2.37. The summed E-state index contributed by atoms with van der Waals surface area (Å²) in [5, 5.41) is 0. The fourth-order valence-electron chi connectivity index (χ4n) is 6.85. The highest BCUT2D eigenvalue weighted by molar-refractivity contribution is 9.10. The van der Waals surface area contributed by atoms with Gasteiger partial charge in [-0.1, -0.05) is 186 Å². The normalized spacial score (nSPS) is 15.0. The third-order valence-electron chi connectivity index (χ3n) is 12.0. The van der Waals surface area contributed by atoms with Crippen LogP contribution in [0.5, 0.6) is 0 Å². The molecule has 0 N–H and O–H groups in total. The summed E-state index contributed by atoms with van der Waals surface area (Å²) in [7, 11) is -0.265. The smallest absolute Gasteiger partial charge is 0.399 e. The highest BCUT2D eigenvalue weighted by Gasteiger charge is 2.51. The lowest BCUT2D eigenvalue weighted by Gasteiger charge is -2.32. The molecule has 0 atom stereocenters. The molecule has 326 valence electrons. The van der Waals surface area contributed by atoms with Crippen molar-refractivity contribution in [1.29, 1.82) is 0 Å². The van der Waals surface area contributed by atoms with E-state index in [-0.39, 0.29) is 40.0 Å². The predicted molar refractivity (Wildman–Crippen MR) is 269 cm³/mol. The number of halogens is 1. The van der Waals surface area contributed by atoms with Crippen molar-refractivity contribution in [2.24, 2.45) is 0 Å². The van der Waals surface area contributed by atoms with Gasteiger partial charge in [-0.15, -0.1) is 0 Å². The quantitative estimate of drug-likeness (QED) is 0.165. The lowest BCUT2D eigenvalue weighted by Crippen LogP contribution is -2.41. The Morgan fingerprint density at radius 3 is 1.00 bits per heavy atom. The average Bonchev–Trinajstić information content (AvgIpc) is 3.43. The number of hydrogen-bond donors (Lipinski definition) is 0. The molecule has 6 aromatic rings. The van der Waals surface area contributed by atoms with Crippen LogP contribution < -0.4 is 5.46 Å². The van der Waals surface area contributed by atoms with Gasteiger partial charge in [-0.25, -0.2) is 0 Å². The summed E-state index contributed by atoms with van der Waals surface area (Å²) in [5.41, 5.74) is 13.3. The van der Waals surface area contributed by atoms with Crippen molar-refractivity contribution in [2.45, 2.75) is 144 Å². The maximum atomic E-state index is 6.05. The second-order valence-corrected chi connectivity index (χ2v) is 22.7. The van der Waals surface area contributed by atoms with Gasteiger partial charge in [0.05, 0.1) is 22.6 Å². The number of rotatable bonds is 4. The first kappa shape index (κ1) is 48.7. The molecule has 0 amide bonds. The summed E-state index contributed by atoms with van der Waals surface area (Å²) in [6.45, 7) is 35.1. The van der Waals surface area contributed by atoms with Crippen molar-refractivity contribution in [3.63, 3.8) is 0 Å². The summed E-state index contributed by atoms with van der Waals surface area (Å²) in [5.74, 6) is 0. The fourth-order valence-corrected chi connectivity index (χ4v) is 7.08. The molecule has 0 radical (unpaired) electrons. The number of nitrogens with zero attached hydrogens (tertiary/aromatic N) is 2. The third-order valence-corrected chi connectivity index (χ3v) is 12.4. The molecule has 1 saturated heterocycles. The van der Waals surface area contributed by atoms with E-state index in [9.17, 15) is 0 Å². The van der Waals surface area contributed by atoms with Crippen LogP contribution in [0, 0.1) is 0 Å². The molecule has 3 heterocycles. The van der Waals surface area contributed by atoms with Crippen molar-refractivity contribution in [3.8, 4) is 33.6 Å². The van der Waals surface area contributed by atoms with E-state index in [1.165, 1.54) is 27.8 Å². The molecule has 0 saturated carbocycles. The van der Waals surface area contributed by atoms with Crippen molar-refractivity contribution in [2.75, 3.05) is 0 Å². The Hall–Kier alpha value is -4.36. The van der Waals surface area contributed by atoms with Crippen LogP contribution in [0.4, 0.5) is 0 Å². The minimum absolute atomic E-state index is 0.175. The van der Waals surface area contributed by atoms with Gasteiger partial charge in [-0.2, -0.15) is 0 Å². The second kappa shape index (κ2) is 18.8. The molecular formula is C56H70BBrN2O2. The lowest BCUT2D eigenvalue weighted by molar-refractivity contribution is 0.00578. The van der Waals surface area contributed by atoms with Crippen molar-refractivity contribution in [1.82, 2.24) is 9.97 Å². The molecule has 1 aliphatic heterocycles. The van der Waals surface area contributed by atoms with Gasteiger partial charge in [0.15, 0.2) is 0 Å². The Kier molecular flexibility index (Phi) is 14.7. The molecular weight excluding hydrogens is 823 g/mol. The van der Waals surface area contributed by atoms with Crippen LogP contribution in [-0.4, -0.2) is 28.3 Å². The summed E-state index contributed by atoms with van der Waals surface area (Å²) >= 11 is 3.39. The largest absolute Gasteiger partial charge is 0.494 e. The summed E-state index contributed by atoms with van der Waals surface area (Å²) in [4.78, 5) is 9.08. The SMILES string of the molecule is CC(C)(C)c1ccc(-c2ccc(-c3ccc(C(C)(C)C)cc3)nc2)cc1.CC(C)(C)c1ccc(-c2ccc(Br)cn2)cc1.CC(C)(C)c1ccc(B2OC(C)(C)C(C)(C)O2)cc1. The third kappa shape index (κ3) is 12.6. The first-order valence-electron chi connectivity index (χ1n) is 22.0. The zero-order valence-corrected chi connectivity index (χ0v) is 42.0. The topological polar surface area (TPSA) is 44.2 Å². The van der Waals surface area contributed by atoms with E-state index in [0.29, 0.717) is 0 Å². The molecule has 0 bridgehead atoms. The second-order valence-electron chi connectivity index (χ2n) is 21.7. The highest BCUT2D eigenvalue weighted by atomic mass is 79.9. The van der Waals surface area contributed by atoms with Gasteiger partial charge in [0, 0.05) is 33.6 Å². The summed E-state index contributed by atoms with van der Waals surface area (Å²) in [6.07, 6.45) is 3.80. The Labute approximate surface area is 383 Å². The van der Waals surface area contributed by atoms with Crippen LogP contribution in [-0.2, 0) is 31.0 Å². The maximum Gasteiger partial charge on any atom is 0.494 e. The number of pyridine rings is 2. The number of benzene rings is 4. The molecule has 62 heavy (non-hydrogen) atoms. The van der Waals surface area contributed by atoms with Gasteiger partial charge in [-0.05, 0) is 117 Å². The van der Waals surface area contributed by atoms with Gasteiger partial charge >= 0.3 is 7.12 Å². The number of aromatic nitrogens is 2. The van der Waals surface area contributed by atoms with Gasteiger partial charge in [-0.3, -0.25) is 9.97 Å². The molecule has 7 rings (SSSR count). The van der Waals surface area contributed by atoms with Gasteiger partial charge in [0.1, 0.15) is 0 Å². The molecule has 6 heteroatoms. The Morgan fingerprint density at radius 1 is 0.387 bits per heavy atom. The molecule has 4 nitrogen and oxygen atoms in total. The standard InChI is InChI=1S/C25H29N.C16H25BO2.C15H16BrN/c1-24(2,3)21-12-7-18(8-13-21)20-11-16-23(26-17-20)19-9-14-22(15-10-19)25(4,5)6;1-14(2,3)12-8-10-13(11-9-12)17-18-15(4,5)16(6,7)19-17;1-15(2,3)12-6-4-11(5-7-12)14-9-8-13(16)10-17-14/h7-17H,1-6H3;8-11H,1-7H3;4-10H,1-3H3. The summed E-state index contributed by atoms with van der Waals surface area (Å²) in [6, 6.07) is 43.1. The van der Waals surface area contributed by atoms with E-state index in [1.807, 2.05) is 24.5 Å². The zero-order valence-electron chi connectivity index (χ0n) is 40.4. The van der Waals surface area contributed by atoms with Crippen molar-refractivity contribution >= 4 is 28.5 Å². The van der Waals surface area contributed by atoms with E-state index in [2.05, 4.69) is 246 Å². The van der Waals surface area contributed by atoms with E-state index in [0.717, 1.165) is 38.0 Å². The molecule has 1 aliphatic rings. The monoisotopic (exact) mass is 892 g/mol. The van der Waals surface area contributed by atoms with Gasteiger partial charge in [0.2, 0.25) is 0 Å². The minimum Gasteiger partial charge on any atom is -0.399 e. The molecule has 0 aliphatic carbocycles. The van der Waals surface area contributed by atoms with Crippen LogP contribution >= 0.6 is 15.9 Å². The van der Waals surface area contributed by atoms with Crippen molar-refractivity contribution in [3.05, 3.63) is 160 Å². The van der Waals surface area contributed by atoms with Crippen LogP contribution in [0.3, 0.4) is 0 Å². The minimum atomic E-state index is -0.277. The van der Waals surface area contributed by atoms with E-state index >= 15 is 0 Å². The van der Waals surface area contributed by atoms with Gasteiger partial charge < -0.3 is 9.31 Å². The Morgan fingerprint density at radius 2 is 0.694 bits per heavy atom. The average molecular weight is 894 g/mol. The first-order chi connectivity index (χ1) is 28.6. The van der Waals surface area contributed by atoms with E-state index < -0.39 is 0 Å². The number of hydrogen-bond acceptors (Lipinski definition) is 4. The Balaban J connectivity index is 0.000000181. The molecule has 1 fully saturated rings. The fraction of sp³-hybridized carbons (Fsp3) is 0.393. The zero-order chi connectivity index (χ0) is 45.9. The lowest BCUT2D eigenvalue weighted by atomic mass is 9.77. The predicted octanol–water partition coefficient (Wildman–Crippen LogP) is 15.1. The Bertz CT molecular complexity index is 2250. The van der Waals surface area contributed by atoms with Crippen LogP contribution in [0.2, 0.25) is 0 Å². The first-order valence-corrected chi connectivity index (χ1v) is 22.8. The van der Waals surface area contributed by atoms with E-state index in [1.54, 1.807) is 0 Å². The molecule has 0 unspecified atom stereocenters.